The average molecular weight is 311 g/mol. The third kappa shape index (κ3) is 4.97. The highest BCUT2D eigenvalue weighted by atomic mass is 16.3. The molecule has 2 aromatic rings. The van der Waals surface area contributed by atoms with E-state index in [-0.39, 0.29) is 11.8 Å². The number of amides is 1. The Hall–Kier alpha value is -2.58. The summed E-state index contributed by atoms with van der Waals surface area (Å²) in [6.07, 6.45) is 0.820. The molecular formula is C18H21N3O2. The molecule has 2 N–H and O–H groups in total. The van der Waals surface area contributed by atoms with Gasteiger partial charge in [-0.05, 0) is 36.2 Å². The molecule has 1 aromatic heterocycles. The predicted octanol–water partition coefficient (Wildman–Crippen LogP) is 3.43. The van der Waals surface area contributed by atoms with E-state index in [9.17, 15) is 4.79 Å². The highest BCUT2D eigenvalue weighted by Gasteiger charge is 2.10. The molecule has 23 heavy (non-hydrogen) atoms. The van der Waals surface area contributed by atoms with Crippen LogP contribution in [0.5, 0.6) is 0 Å². The molecule has 5 nitrogen and oxygen atoms in total. The number of carbonyl (C=O) groups is 1. The van der Waals surface area contributed by atoms with Gasteiger partial charge in [0.05, 0.1) is 6.54 Å². The summed E-state index contributed by atoms with van der Waals surface area (Å²) in [4.78, 5) is 11.9. The molecule has 0 bridgehead atoms. The maximum Gasteiger partial charge on any atom is 0.227 e. The zero-order valence-corrected chi connectivity index (χ0v) is 13.4. The van der Waals surface area contributed by atoms with Crippen LogP contribution in [0.1, 0.15) is 37.4 Å². The first-order valence-corrected chi connectivity index (χ1v) is 7.71. The van der Waals surface area contributed by atoms with Crippen molar-refractivity contribution in [1.82, 2.24) is 5.32 Å². The molecule has 0 saturated heterocycles. The van der Waals surface area contributed by atoms with Crippen molar-refractivity contribution >= 4 is 11.6 Å². The molecule has 5 heteroatoms. The summed E-state index contributed by atoms with van der Waals surface area (Å²) in [5, 5.41) is 14.9. The lowest BCUT2D eigenvalue weighted by atomic mass is 10.1. The van der Waals surface area contributed by atoms with E-state index in [1.807, 2.05) is 44.2 Å². The Bertz CT molecular complexity index is 700. The summed E-state index contributed by atoms with van der Waals surface area (Å²) in [5.74, 6) is 1.08. The van der Waals surface area contributed by atoms with Gasteiger partial charge in [0.15, 0.2) is 0 Å². The smallest absolute Gasteiger partial charge is 0.227 e. The van der Waals surface area contributed by atoms with Gasteiger partial charge in [0, 0.05) is 18.2 Å². The number of furan rings is 1. The lowest BCUT2D eigenvalue weighted by molar-refractivity contribution is -0.119. The van der Waals surface area contributed by atoms with Crippen LogP contribution in [0.15, 0.2) is 40.8 Å². The third-order valence-electron chi connectivity index (χ3n) is 3.65. The normalized spacial score (nSPS) is 11.7. The summed E-state index contributed by atoms with van der Waals surface area (Å²) in [6, 6.07) is 13.2. The molecule has 1 unspecified atom stereocenters. The molecular weight excluding hydrogens is 290 g/mol. The topological polar surface area (TPSA) is 78.1 Å². The SMILES string of the molecule is CCC(C)C(=O)Nc1cccc(CNCc2ccc(C#N)o2)c1. The van der Waals surface area contributed by atoms with Gasteiger partial charge in [0.1, 0.15) is 11.8 Å². The number of nitriles is 1. The first-order valence-electron chi connectivity index (χ1n) is 7.71. The van der Waals surface area contributed by atoms with Crippen molar-refractivity contribution < 1.29 is 9.21 Å². The van der Waals surface area contributed by atoms with E-state index in [2.05, 4.69) is 10.6 Å². The van der Waals surface area contributed by atoms with Gasteiger partial charge in [-0.1, -0.05) is 26.0 Å². The van der Waals surface area contributed by atoms with Crippen molar-refractivity contribution in [2.24, 2.45) is 5.92 Å². The molecule has 1 aromatic carbocycles. The number of hydrogen-bond donors (Lipinski definition) is 2. The van der Waals surface area contributed by atoms with E-state index in [0.717, 1.165) is 23.4 Å². The number of hydrogen-bond acceptors (Lipinski definition) is 4. The number of rotatable bonds is 7. The van der Waals surface area contributed by atoms with Crippen molar-refractivity contribution in [2.75, 3.05) is 5.32 Å². The van der Waals surface area contributed by atoms with Crippen molar-refractivity contribution in [3.8, 4) is 6.07 Å². The number of anilines is 1. The molecule has 1 atom stereocenters. The maximum absolute atomic E-state index is 11.9. The Morgan fingerprint density at radius 1 is 1.30 bits per heavy atom. The molecule has 2 rings (SSSR count). The summed E-state index contributed by atoms with van der Waals surface area (Å²) < 4.78 is 5.31. The van der Waals surface area contributed by atoms with Crippen LogP contribution in [0.3, 0.4) is 0 Å². The highest BCUT2D eigenvalue weighted by Crippen LogP contribution is 2.13. The fourth-order valence-electron chi connectivity index (χ4n) is 2.07. The summed E-state index contributed by atoms with van der Waals surface area (Å²) in [5.41, 5.74) is 1.87. The molecule has 1 amide bonds. The van der Waals surface area contributed by atoms with E-state index < -0.39 is 0 Å². The van der Waals surface area contributed by atoms with Gasteiger partial charge in [-0.3, -0.25) is 4.79 Å². The fourth-order valence-corrected chi connectivity index (χ4v) is 2.07. The Morgan fingerprint density at radius 2 is 2.13 bits per heavy atom. The van der Waals surface area contributed by atoms with E-state index in [1.54, 1.807) is 12.1 Å². The first-order chi connectivity index (χ1) is 11.1. The van der Waals surface area contributed by atoms with E-state index >= 15 is 0 Å². The highest BCUT2D eigenvalue weighted by molar-refractivity contribution is 5.92. The van der Waals surface area contributed by atoms with Crippen LogP contribution < -0.4 is 10.6 Å². The zero-order chi connectivity index (χ0) is 16.7. The largest absolute Gasteiger partial charge is 0.449 e. The van der Waals surface area contributed by atoms with Gasteiger partial charge in [-0.15, -0.1) is 0 Å². The minimum Gasteiger partial charge on any atom is -0.449 e. The van der Waals surface area contributed by atoms with Crippen molar-refractivity contribution in [3.05, 3.63) is 53.5 Å². The second-order valence-electron chi connectivity index (χ2n) is 5.48. The Kier molecular flexibility index (Phi) is 5.95. The number of benzene rings is 1. The quantitative estimate of drug-likeness (QED) is 0.821. The molecule has 0 spiro atoms. The maximum atomic E-state index is 11.9. The molecule has 0 aliphatic heterocycles. The summed E-state index contributed by atoms with van der Waals surface area (Å²) in [7, 11) is 0. The summed E-state index contributed by atoms with van der Waals surface area (Å²) >= 11 is 0. The molecule has 1 heterocycles. The van der Waals surface area contributed by atoms with Crippen molar-refractivity contribution in [2.45, 2.75) is 33.4 Å². The van der Waals surface area contributed by atoms with Crippen LogP contribution in [-0.4, -0.2) is 5.91 Å². The lowest BCUT2D eigenvalue weighted by Gasteiger charge is -2.11. The second kappa shape index (κ2) is 8.16. The Labute approximate surface area is 136 Å². The van der Waals surface area contributed by atoms with E-state index in [1.165, 1.54) is 0 Å². The number of nitrogens with one attached hydrogen (secondary N) is 2. The van der Waals surface area contributed by atoms with Gasteiger partial charge in [0.25, 0.3) is 0 Å². The Morgan fingerprint density at radius 3 is 2.83 bits per heavy atom. The fraction of sp³-hybridized carbons (Fsp3) is 0.333. The molecule has 0 saturated carbocycles. The third-order valence-corrected chi connectivity index (χ3v) is 3.65. The van der Waals surface area contributed by atoms with Gasteiger partial charge < -0.3 is 15.1 Å². The standard InChI is InChI=1S/C18H21N3O2/c1-3-13(2)18(22)21-15-6-4-5-14(9-15)11-20-12-17-8-7-16(10-19)23-17/h4-9,13,20H,3,11-12H2,1-2H3,(H,21,22). The second-order valence-corrected chi connectivity index (χ2v) is 5.48. The van der Waals surface area contributed by atoms with Gasteiger partial charge >= 0.3 is 0 Å². The van der Waals surface area contributed by atoms with Crippen molar-refractivity contribution in [1.29, 1.82) is 5.26 Å². The lowest BCUT2D eigenvalue weighted by Crippen LogP contribution is -2.20. The van der Waals surface area contributed by atoms with Gasteiger partial charge in [0.2, 0.25) is 11.7 Å². The summed E-state index contributed by atoms with van der Waals surface area (Å²) in [6.45, 7) is 5.11. The molecule has 0 radical (unpaired) electrons. The van der Waals surface area contributed by atoms with Crippen molar-refractivity contribution in [3.63, 3.8) is 0 Å². The molecule has 0 aliphatic carbocycles. The van der Waals surface area contributed by atoms with E-state index in [0.29, 0.717) is 18.8 Å². The van der Waals surface area contributed by atoms with Crippen LogP contribution in [-0.2, 0) is 17.9 Å². The Balaban J connectivity index is 1.87. The van der Waals surface area contributed by atoms with E-state index in [4.69, 9.17) is 9.68 Å². The van der Waals surface area contributed by atoms with Crippen LogP contribution in [0.4, 0.5) is 5.69 Å². The zero-order valence-electron chi connectivity index (χ0n) is 13.4. The first kappa shape index (κ1) is 16.8. The number of nitrogens with zero attached hydrogens (tertiary/aromatic N) is 1. The number of carbonyl (C=O) groups excluding carboxylic acids is 1. The average Bonchev–Trinajstić information content (AvgIpc) is 3.02. The molecule has 0 fully saturated rings. The van der Waals surface area contributed by atoms with Crippen LogP contribution in [0.2, 0.25) is 0 Å². The van der Waals surface area contributed by atoms with Crippen LogP contribution >= 0.6 is 0 Å². The minimum atomic E-state index is 0.00469. The van der Waals surface area contributed by atoms with Gasteiger partial charge in [-0.2, -0.15) is 5.26 Å². The monoisotopic (exact) mass is 311 g/mol. The van der Waals surface area contributed by atoms with Crippen LogP contribution in [0, 0.1) is 17.2 Å². The molecule has 120 valence electrons. The molecule has 0 aliphatic rings. The minimum absolute atomic E-state index is 0.00469. The predicted molar refractivity (Wildman–Crippen MR) is 88.5 cm³/mol. The van der Waals surface area contributed by atoms with Crippen LogP contribution in [0.25, 0.3) is 0 Å². The van der Waals surface area contributed by atoms with Gasteiger partial charge in [-0.25, -0.2) is 0 Å².